The fourth-order valence-corrected chi connectivity index (χ4v) is 3.66. The Balaban J connectivity index is 1.69. The van der Waals surface area contributed by atoms with Crippen LogP contribution in [0, 0.1) is 0 Å². The van der Waals surface area contributed by atoms with Crippen LogP contribution in [0.15, 0.2) is 69.3 Å². The van der Waals surface area contributed by atoms with E-state index in [4.69, 9.17) is 5.73 Å². The van der Waals surface area contributed by atoms with E-state index in [-0.39, 0.29) is 23.4 Å². The molecule has 0 unspecified atom stereocenters. The van der Waals surface area contributed by atoms with Gasteiger partial charge in [-0.15, -0.1) is 5.10 Å². The number of amides is 2. The molecule has 0 bridgehead atoms. The lowest BCUT2D eigenvalue weighted by atomic mass is 10.1. The fourth-order valence-electron chi connectivity index (χ4n) is 2.59. The number of hydrogen-bond acceptors (Lipinski definition) is 5. The molecule has 8 heteroatoms. The lowest BCUT2D eigenvalue weighted by Gasteiger charge is -2.14. The Hall–Kier alpha value is -2.45. The average Bonchev–Trinajstić information content (AvgIpc) is 2.94. The summed E-state index contributed by atoms with van der Waals surface area (Å²) >= 11 is 4.39. The molecule has 0 radical (unpaired) electrons. The third-order valence-corrected chi connectivity index (χ3v) is 5.45. The molecular weight excluding hydrogens is 428 g/mol. The van der Waals surface area contributed by atoms with Crippen LogP contribution >= 0.6 is 27.7 Å². The van der Waals surface area contributed by atoms with Gasteiger partial charge < -0.3 is 5.73 Å². The first-order chi connectivity index (χ1) is 13.0. The molecule has 3 rings (SSSR count). The van der Waals surface area contributed by atoms with Crippen LogP contribution in [0.5, 0.6) is 0 Å². The van der Waals surface area contributed by atoms with Gasteiger partial charge in [-0.3, -0.25) is 9.59 Å². The molecule has 1 aliphatic heterocycles. The Bertz CT molecular complexity index is 913. The predicted octanol–water partition coefficient (Wildman–Crippen LogP) is 3.55. The summed E-state index contributed by atoms with van der Waals surface area (Å²) in [6, 6.07) is 16.6. The zero-order valence-corrected chi connectivity index (χ0v) is 16.9. The Morgan fingerprint density at radius 3 is 2.44 bits per heavy atom. The number of carbonyl (C=O) groups is 2. The number of halogens is 1. The van der Waals surface area contributed by atoms with Crippen molar-refractivity contribution in [1.29, 1.82) is 0 Å². The first-order valence-electron chi connectivity index (χ1n) is 8.18. The molecule has 2 N–H and O–H groups in total. The van der Waals surface area contributed by atoms with Gasteiger partial charge in [-0.1, -0.05) is 58.0 Å². The van der Waals surface area contributed by atoms with Gasteiger partial charge in [0.05, 0.1) is 11.4 Å². The summed E-state index contributed by atoms with van der Waals surface area (Å²) in [5, 5.41) is 7.65. The summed E-state index contributed by atoms with van der Waals surface area (Å²) in [6.45, 7) is 1.83. The molecule has 0 saturated carbocycles. The van der Waals surface area contributed by atoms with Crippen molar-refractivity contribution in [3.63, 3.8) is 0 Å². The number of nitrogens with two attached hydrogens (primary N) is 1. The van der Waals surface area contributed by atoms with E-state index in [1.807, 2.05) is 37.3 Å². The van der Waals surface area contributed by atoms with Crippen molar-refractivity contribution in [3.05, 3.63) is 64.6 Å². The number of amidine groups is 1. The molecule has 2 amide bonds. The molecule has 138 valence electrons. The minimum absolute atomic E-state index is 0.0805. The fraction of sp³-hybridized carbons (Fsp3) is 0.158. The summed E-state index contributed by atoms with van der Waals surface area (Å²) in [5.41, 5.74) is 8.11. The van der Waals surface area contributed by atoms with E-state index >= 15 is 0 Å². The first-order valence-corrected chi connectivity index (χ1v) is 9.85. The molecule has 1 heterocycles. The van der Waals surface area contributed by atoms with Crippen molar-refractivity contribution in [2.45, 2.75) is 18.6 Å². The van der Waals surface area contributed by atoms with Gasteiger partial charge in [0.25, 0.3) is 0 Å². The zero-order valence-electron chi connectivity index (χ0n) is 14.5. The van der Waals surface area contributed by atoms with Crippen LogP contribution in [-0.2, 0) is 9.59 Å². The van der Waals surface area contributed by atoms with Crippen LogP contribution in [0.4, 0.5) is 5.69 Å². The van der Waals surface area contributed by atoms with Crippen LogP contribution in [0.3, 0.4) is 0 Å². The quantitative estimate of drug-likeness (QED) is 0.338. The van der Waals surface area contributed by atoms with E-state index in [1.165, 1.54) is 4.90 Å². The Morgan fingerprint density at radius 1 is 1.11 bits per heavy atom. The zero-order chi connectivity index (χ0) is 19.4. The number of benzene rings is 2. The van der Waals surface area contributed by atoms with Crippen molar-refractivity contribution < 1.29 is 9.59 Å². The van der Waals surface area contributed by atoms with E-state index in [9.17, 15) is 9.59 Å². The minimum atomic E-state index is -0.600. The molecule has 2 aromatic rings. The summed E-state index contributed by atoms with van der Waals surface area (Å²) in [4.78, 5) is 26.1. The number of anilines is 1. The lowest BCUT2D eigenvalue weighted by molar-refractivity contribution is -0.121. The Kier molecular flexibility index (Phi) is 6.08. The van der Waals surface area contributed by atoms with E-state index in [0.29, 0.717) is 11.4 Å². The number of thioether (sulfide) groups is 1. The molecular formula is C19H17BrN4O2S. The summed E-state index contributed by atoms with van der Waals surface area (Å²) in [5.74, 6) is -0.550. The first kappa shape index (κ1) is 19.3. The monoisotopic (exact) mass is 444 g/mol. The molecule has 1 fully saturated rings. The number of imide groups is 1. The van der Waals surface area contributed by atoms with Crippen molar-refractivity contribution in [2.75, 3.05) is 4.90 Å². The molecule has 1 atom stereocenters. The van der Waals surface area contributed by atoms with Crippen LogP contribution < -0.4 is 10.6 Å². The predicted molar refractivity (Wildman–Crippen MR) is 113 cm³/mol. The Morgan fingerprint density at radius 2 is 1.78 bits per heavy atom. The van der Waals surface area contributed by atoms with Crippen molar-refractivity contribution in [1.82, 2.24) is 0 Å². The molecule has 27 heavy (non-hydrogen) atoms. The average molecular weight is 445 g/mol. The second-order valence-corrected chi connectivity index (χ2v) is 7.98. The highest BCUT2D eigenvalue weighted by atomic mass is 79.9. The van der Waals surface area contributed by atoms with E-state index in [0.717, 1.165) is 21.8 Å². The van der Waals surface area contributed by atoms with E-state index in [2.05, 4.69) is 26.1 Å². The third kappa shape index (κ3) is 4.64. The highest BCUT2D eigenvalue weighted by molar-refractivity contribution is 9.10. The maximum absolute atomic E-state index is 12.6. The van der Waals surface area contributed by atoms with Gasteiger partial charge >= 0.3 is 0 Å². The molecule has 2 aromatic carbocycles. The number of carbonyl (C=O) groups excluding carboxylic acids is 2. The SMILES string of the molecule is CC(=NN=C(N)S[C@H]1CC(=O)N(c2ccc(Br)cc2)C1=O)c1ccccc1. The summed E-state index contributed by atoms with van der Waals surface area (Å²) in [7, 11) is 0. The normalized spacial score (nSPS) is 18.3. The third-order valence-electron chi connectivity index (χ3n) is 3.94. The summed E-state index contributed by atoms with van der Waals surface area (Å²) < 4.78 is 0.874. The van der Waals surface area contributed by atoms with Crippen LogP contribution in [-0.4, -0.2) is 27.9 Å². The molecule has 0 spiro atoms. The molecule has 1 aliphatic rings. The van der Waals surface area contributed by atoms with Gasteiger partial charge in [-0.05, 0) is 36.8 Å². The number of hydrogen-bond donors (Lipinski definition) is 1. The highest BCUT2D eigenvalue weighted by Crippen LogP contribution is 2.30. The van der Waals surface area contributed by atoms with E-state index in [1.54, 1.807) is 24.3 Å². The topological polar surface area (TPSA) is 88.1 Å². The van der Waals surface area contributed by atoms with Crippen LogP contribution in [0.2, 0.25) is 0 Å². The van der Waals surface area contributed by atoms with Crippen molar-refractivity contribution >= 4 is 56.1 Å². The second kappa shape index (κ2) is 8.49. The van der Waals surface area contributed by atoms with Gasteiger partial charge in [0.15, 0.2) is 5.17 Å². The molecule has 6 nitrogen and oxygen atoms in total. The highest BCUT2D eigenvalue weighted by Gasteiger charge is 2.40. The van der Waals surface area contributed by atoms with Gasteiger partial charge in [0.2, 0.25) is 11.8 Å². The second-order valence-electron chi connectivity index (χ2n) is 5.84. The van der Waals surface area contributed by atoms with Crippen LogP contribution in [0.25, 0.3) is 0 Å². The molecule has 0 aliphatic carbocycles. The maximum atomic E-state index is 12.6. The van der Waals surface area contributed by atoms with Gasteiger partial charge in [0, 0.05) is 10.9 Å². The largest absolute Gasteiger partial charge is 0.377 e. The lowest BCUT2D eigenvalue weighted by Crippen LogP contribution is -2.31. The van der Waals surface area contributed by atoms with Crippen LogP contribution in [0.1, 0.15) is 18.9 Å². The van der Waals surface area contributed by atoms with Crippen molar-refractivity contribution in [3.8, 4) is 0 Å². The summed E-state index contributed by atoms with van der Waals surface area (Å²) in [6.07, 6.45) is 0.0805. The minimum Gasteiger partial charge on any atom is -0.377 e. The number of rotatable bonds is 4. The number of nitrogens with zero attached hydrogens (tertiary/aromatic N) is 3. The molecule has 0 aromatic heterocycles. The van der Waals surface area contributed by atoms with E-state index < -0.39 is 5.25 Å². The molecule has 1 saturated heterocycles. The maximum Gasteiger partial charge on any atom is 0.247 e. The van der Waals surface area contributed by atoms with Gasteiger partial charge in [-0.25, -0.2) is 4.90 Å². The van der Waals surface area contributed by atoms with Gasteiger partial charge in [-0.2, -0.15) is 5.10 Å². The smallest absolute Gasteiger partial charge is 0.247 e. The standard InChI is InChI=1S/C19H17BrN4O2S/c1-12(13-5-3-2-4-6-13)22-23-19(21)27-16-11-17(25)24(18(16)26)15-9-7-14(20)8-10-15/h2-10,16H,11H2,1H3,(H2,21,23)/t16-/m0/s1. The van der Waals surface area contributed by atoms with Crippen molar-refractivity contribution in [2.24, 2.45) is 15.9 Å². The Labute approximate surface area is 169 Å². The van der Waals surface area contributed by atoms with Gasteiger partial charge in [0.1, 0.15) is 5.25 Å².